The molecule has 1 aromatic carbocycles. The van der Waals surface area contributed by atoms with Crippen molar-refractivity contribution < 1.29 is 14.6 Å². The molecule has 0 aliphatic rings. The molecule has 14 heavy (non-hydrogen) atoms. The van der Waals surface area contributed by atoms with E-state index >= 15 is 0 Å². The largest absolute Gasteiger partial charge is 0.504 e. The number of rotatable bonds is 3. The van der Waals surface area contributed by atoms with Crippen molar-refractivity contribution in [1.29, 1.82) is 0 Å². The number of phenolic OH excluding ortho intramolecular Hbond substituents is 1. The molecule has 1 N–H and O–H groups in total. The number of phenols is 1. The van der Waals surface area contributed by atoms with E-state index in [1.54, 1.807) is 13.0 Å². The third-order valence-electron chi connectivity index (χ3n) is 1.89. The van der Waals surface area contributed by atoms with Gasteiger partial charge in [0.25, 0.3) is 0 Å². The van der Waals surface area contributed by atoms with Gasteiger partial charge in [-0.05, 0) is 34.7 Å². The maximum absolute atomic E-state index is 11.4. The van der Waals surface area contributed by atoms with E-state index in [1.165, 1.54) is 13.2 Å². The monoisotopic (exact) mass is 306 g/mol. The van der Waals surface area contributed by atoms with E-state index in [-0.39, 0.29) is 11.5 Å². The van der Waals surface area contributed by atoms with Gasteiger partial charge >= 0.3 is 0 Å². The third kappa shape index (κ3) is 2.17. The van der Waals surface area contributed by atoms with Crippen molar-refractivity contribution in [3.63, 3.8) is 0 Å². The summed E-state index contributed by atoms with van der Waals surface area (Å²) in [7, 11) is 1.48. The Morgan fingerprint density at radius 2 is 2.21 bits per heavy atom. The summed E-state index contributed by atoms with van der Waals surface area (Å²) in [6, 6.07) is 3.10. The third-order valence-corrected chi connectivity index (χ3v) is 2.78. The van der Waals surface area contributed by atoms with E-state index in [1.807, 2.05) is 0 Å². The molecule has 0 saturated carbocycles. The highest BCUT2D eigenvalue weighted by molar-refractivity contribution is 14.1. The minimum absolute atomic E-state index is 0.00437. The van der Waals surface area contributed by atoms with Crippen molar-refractivity contribution in [3.8, 4) is 11.5 Å². The second-order valence-corrected chi connectivity index (χ2v) is 3.94. The quantitative estimate of drug-likeness (QED) is 0.690. The van der Waals surface area contributed by atoms with Gasteiger partial charge in [-0.2, -0.15) is 0 Å². The Hall–Kier alpha value is -0.780. The van der Waals surface area contributed by atoms with Crippen LogP contribution in [0.25, 0.3) is 0 Å². The molecule has 0 amide bonds. The highest BCUT2D eigenvalue weighted by atomic mass is 127. The fourth-order valence-corrected chi connectivity index (χ4v) is 1.85. The van der Waals surface area contributed by atoms with Crippen LogP contribution in [0.3, 0.4) is 0 Å². The molecule has 0 bridgehead atoms. The van der Waals surface area contributed by atoms with E-state index in [0.29, 0.717) is 17.7 Å². The van der Waals surface area contributed by atoms with Gasteiger partial charge in [-0.1, -0.05) is 6.92 Å². The lowest BCUT2D eigenvalue weighted by Gasteiger charge is -2.07. The molecular weight excluding hydrogens is 295 g/mol. The highest BCUT2D eigenvalue weighted by Gasteiger charge is 2.12. The number of Topliss-reactive ketones (excluding diaryl/α,β-unsaturated/α-hetero) is 1. The lowest BCUT2D eigenvalue weighted by molar-refractivity contribution is 0.0987. The standard InChI is InChI=1S/C10H11IO3/c1-3-8(12)6-4-9(13)10(14-2)5-7(6)11/h4-5,13H,3H2,1-2H3. The van der Waals surface area contributed by atoms with Crippen molar-refractivity contribution in [2.45, 2.75) is 13.3 Å². The molecule has 3 nitrogen and oxygen atoms in total. The number of benzene rings is 1. The van der Waals surface area contributed by atoms with Gasteiger partial charge in [0.05, 0.1) is 7.11 Å². The molecule has 0 aliphatic carbocycles. The van der Waals surface area contributed by atoms with Crippen LogP contribution >= 0.6 is 22.6 Å². The van der Waals surface area contributed by atoms with Crippen LogP contribution in [0.1, 0.15) is 23.7 Å². The number of carbonyl (C=O) groups excluding carboxylic acids is 1. The molecule has 0 aromatic heterocycles. The van der Waals surface area contributed by atoms with Crippen molar-refractivity contribution in [2.75, 3.05) is 7.11 Å². The summed E-state index contributed by atoms with van der Waals surface area (Å²) in [5, 5.41) is 9.48. The number of hydrogen-bond acceptors (Lipinski definition) is 3. The number of ether oxygens (including phenoxy) is 1. The Bertz CT molecular complexity index is 361. The SMILES string of the molecule is CCC(=O)c1cc(O)c(OC)cc1I. The summed E-state index contributed by atoms with van der Waals surface area (Å²) >= 11 is 2.05. The molecule has 0 fully saturated rings. The highest BCUT2D eigenvalue weighted by Crippen LogP contribution is 2.30. The number of hydrogen-bond donors (Lipinski definition) is 1. The van der Waals surface area contributed by atoms with E-state index < -0.39 is 0 Å². The van der Waals surface area contributed by atoms with Gasteiger partial charge in [-0.15, -0.1) is 0 Å². The summed E-state index contributed by atoms with van der Waals surface area (Å²) < 4.78 is 5.72. The normalized spacial score (nSPS) is 9.93. The zero-order valence-electron chi connectivity index (χ0n) is 8.00. The summed E-state index contributed by atoms with van der Waals surface area (Å²) in [5.74, 6) is 0.416. The number of ketones is 1. The summed E-state index contributed by atoms with van der Waals surface area (Å²) in [5.41, 5.74) is 0.548. The van der Waals surface area contributed by atoms with Gasteiger partial charge < -0.3 is 9.84 Å². The average molecular weight is 306 g/mol. The van der Waals surface area contributed by atoms with E-state index in [2.05, 4.69) is 22.6 Å². The van der Waals surface area contributed by atoms with Crippen LogP contribution < -0.4 is 4.74 Å². The minimum Gasteiger partial charge on any atom is -0.504 e. The molecule has 0 unspecified atom stereocenters. The minimum atomic E-state index is 0.00437. The predicted octanol–water partition coefficient (Wildman–Crippen LogP) is 2.60. The molecule has 0 radical (unpaired) electrons. The first-order valence-electron chi connectivity index (χ1n) is 4.19. The van der Waals surface area contributed by atoms with Gasteiger partial charge in [-0.25, -0.2) is 0 Å². The maximum atomic E-state index is 11.4. The summed E-state index contributed by atoms with van der Waals surface area (Å²) in [6.45, 7) is 1.79. The summed E-state index contributed by atoms with van der Waals surface area (Å²) in [4.78, 5) is 11.4. The van der Waals surface area contributed by atoms with Crippen LogP contribution in [0, 0.1) is 3.57 Å². The van der Waals surface area contributed by atoms with Gasteiger partial charge in [0.15, 0.2) is 17.3 Å². The zero-order chi connectivity index (χ0) is 10.7. The number of halogens is 1. The van der Waals surface area contributed by atoms with E-state index in [4.69, 9.17) is 4.74 Å². The number of methoxy groups -OCH3 is 1. The van der Waals surface area contributed by atoms with Crippen LogP contribution in [-0.4, -0.2) is 18.0 Å². The van der Waals surface area contributed by atoms with Crippen molar-refractivity contribution in [1.82, 2.24) is 0 Å². The second kappa shape index (κ2) is 4.63. The zero-order valence-corrected chi connectivity index (χ0v) is 10.2. The second-order valence-electron chi connectivity index (χ2n) is 2.78. The maximum Gasteiger partial charge on any atom is 0.163 e. The van der Waals surface area contributed by atoms with Gasteiger partial charge in [0.1, 0.15) is 0 Å². The molecular formula is C10H11IO3. The van der Waals surface area contributed by atoms with Gasteiger partial charge in [-0.3, -0.25) is 4.79 Å². The lowest BCUT2D eigenvalue weighted by atomic mass is 10.1. The Morgan fingerprint density at radius 1 is 1.57 bits per heavy atom. The van der Waals surface area contributed by atoms with Crippen LogP contribution in [0.4, 0.5) is 0 Å². The van der Waals surface area contributed by atoms with Crippen LogP contribution in [-0.2, 0) is 0 Å². The Balaban J connectivity index is 3.21. The molecule has 0 saturated heterocycles. The van der Waals surface area contributed by atoms with Crippen LogP contribution in [0.15, 0.2) is 12.1 Å². The fraction of sp³-hybridized carbons (Fsp3) is 0.300. The molecule has 0 atom stereocenters. The van der Waals surface area contributed by atoms with Crippen molar-refractivity contribution in [2.24, 2.45) is 0 Å². The smallest absolute Gasteiger partial charge is 0.163 e. The lowest BCUT2D eigenvalue weighted by Crippen LogP contribution is -2.00. The van der Waals surface area contributed by atoms with Crippen molar-refractivity contribution >= 4 is 28.4 Å². The van der Waals surface area contributed by atoms with Gasteiger partial charge in [0, 0.05) is 15.6 Å². The fourth-order valence-electron chi connectivity index (χ4n) is 1.11. The molecule has 1 rings (SSSR count). The molecule has 1 aromatic rings. The van der Waals surface area contributed by atoms with Crippen LogP contribution in [0.5, 0.6) is 11.5 Å². The Kier molecular flexibility index (Phi) is 3.74. The van der Waals surface area contributed by atoms with Crippen molar-refractivity contribution in [3.05, 3.63) is 21.3 Å². The van der Waals surface area contributed by atoms with Gasteiger partial charge in [0.2, 0.25) is 0 Å². The molecule has 0 heterocycles. The Morgan fingerprint density at radius 3 is 2.71 bits per heavy atom. The first-order valence-corrected chi connectivity index (χ1v) is 5.27. The number of carbonyl (C=O) groups is 1. The molecule has 4 heteroatoms. The molecule has 76 valence electrons. The molecule has 0 spiro atoms. The first-order chi connectivity index (χ1) is 6.60. The average Bonchev–Trinajstić information content (AvgIpc) is 2.19. The topological polar surface area (TPSA) is 46.5 Å². The Labute approximate surface area is 96.2 Å². The van der Waals surface area contributed by atoms with Crippen LogP contribution in [0.2, 0.25) is 0 Å². The van der Waals surface area contributed by atoms with E-state index in [9.17, 15) is 9.90 Å². The predicted molar refractivity (Wildman–Crippen MR) is 62.0 cm³/mol. The van der Waals surface area contributed by atoms with E-state index in [0.717, 1.165) is 3.57 Å². The number of aromatic hydroxyl groups is 1. The summed E-state index contributed by atoms with van der Waals surface area (Å²) in [6.07, 6.45) is 0.432. The first kappa shape index (κ1) is 11.3. The molecule has 0 aliphatic heterocycles.